The second-order valence-electron chi connectivity index (χ2n) is 11.0. The number of pyridine rings is 1. The normalized spacial score (nSPS) is 17.6. The quantitative estimate of drug-likeness (QED) is 0.267. The zero-order chi connectivity index (χ0) is 29.4. The van der Waals surface area contributed by atoms with Gasteiger partial charge in [0.25, 0.3) is 11.8 Å². The highest BCUT2D eigenvalue weighted by atomic mass is 35.5. The number of ether oxygens (including phenoxy) is 1. The molecular weight excluding hydrogens is 561 g/mol. The number of carbonyl (C=O) groups excluding carboxylic acids is 2. The lowest BCUT2D eigenvalue weighted by Crippen LogP contribution is -2.51. The monoisotopic (exact) mass is 589 g/mol. The predicted molar refractivity (Wildman–Crippen MR) is 160 cm³/mol. The highest BCUT2D eigenvalue weighted by Gasteiger charge is 2.64. The Bertz CT molecular complexity index is 1760. The number of aromatic nitrogens is 3. The van der Waals surface area contributed by atoms with Crippen LogP contribution in [0.15, 0.2) is 48.7 Å². The van der Waals surface area contributed by atoms with E-state index < -0.39 is 11.4 Å². The molecule has 10 heteroatoms. The van der Waals surface area contributed by atoms with Gasteiger partial charge < -0.3 is 14.6 Å². The number of nitrogens with one attached hydrogen (secondary N) is 1. The number of fused-ring (bicyclic) bond motifs is 4. The Morgan fingerprint density at radius 3 is 2.39 bits per heavy atom. The van der Waals surface area contributed by atoms with Crippen molar-refractivity contribution in [2.75, 3.05) is 17.3 Å². The molecule has 210 valence electrons. The first-order chi connectivity index (χ1) is 19.5. The number of hydrogen-bond acceptors (Lipinski definition) is 5. The Balaban J connectivity index is 1.72. The van der Waals surface area contributed by atoms with Crippen LogP contribution >= 0.6 is 23.2 Å². The van der Waals surface area contributed by atoms with Gasteiger partial charge in [0.2, 0.25) is 0 Å². The molecule has 0 bridgehead atoms. The molecule has 41 heavy (non-hydrogen) atoms. The Labute approximate surface area is 248 Å². The van der Waals surface area contributed by atoms with Crippen LogP contribution in [0.1, 0.15) is 72.7 Å². The number of aryl methyl sites for hydroxylation is 1. The average Bonchev–Trinajstić information content (AvgIpc) is 3.53. The van der Waals surface area contributed by atoms with E-state index in [9.17, 15) is 9.59 Å². The fourth-order valence-electron chi connectivity index (χ4n) is 5.93. The van der Waals surface area contributed by atoms with E-state index >= 15 is 0 Å². The van der Waals surface area contributed by atoms with Crippen LogP contribution in [0.2, 0.25) is 10.0 Å². The second kappa shape index (κ2) is 9.60. The van der Waals surface area contributed by atoms with E-state index in [1.165, 1.54) is 4.90 Å². The molecule has 0 saturated heterocycles. The summed E-state index contributed by atoms with van der Waals surface area (Å²) in [5, 5.41) is 3.91. The summed E-state index contributed by atoms with van der Waals surface area (Å²) in [6, 6.07) is 12.2. The van der Waals surface area contributed by atoms with Crippen molar-refractivity contribution < 1.29 is 14.3 Å². The molecule has 2 aromatic heterocycles. The van der Waals surface area contributed by atoms with E-state index in [0.717, 1.165) is 11.3 Å². The van der Waals surface area contributed by atoms with Crippen molar-refractivity contribution in [1.29, 1.82) is 0 Å². The number of amides is 2. The molecule has 0 radical (unpaired) electrons. The van der Waals surface area contributed by atoms with E-state index in [0.29, 0.717) is 49.8 Å². The van der Waals surface area contributed by atoms with Gasteiger partial charge in [0.1, 0.15) is 11.6 Å². The van der Waals surface area contributed by atoms with Crippen molar-refractivity contribution in [3.8, 4) is 17.1 Å². The molecule has 4 heterocycles. The van der Waals surface area contributed by atoms with Crippen molar-refractivity contribution in [3.63, 3.8) is 0 Å². The molecule has 4 aromatic rings. The number of hydrogen-bond donors (Lipinski definition) is 1. The van der Waals surface area contributed by atoms with Gasteiger partial charge in [0.05, 0.1) is 24.1 Å². The molecule has 0 aliphatic carbocycles. The summed E-state index contributed by atoms with van der Waals surface area (Å²) in [5.74, 6) is 0.485. The van der Waals surface area contributed by atoms with Crippen LogP contribution in [-0.4, -0.2) is 33.5 Å². The Morgan fingerprint density at radius 1 is 1.00 bits per heavy atom. The van der Waals surface area contributed by atoms with Crippen LogP contribution in [0.4, 0.5) is 11.4 Å². The Kier molecular flexibility index (Phi) is 6.39. The van der Waals surface area contributed by atoms with Crippen LogP contribution in [0.5, 0.6) is 5.75 Å². The first-order valence-corrected chi connectivity index (χ1v) is 14.1. The van der Waals surface area contributed by atoms with Gasteiger partial charge >= 0.3 is 0 Å². The topological polar surface area (TPSA) is 89.3 Å². The summed E-state index contributed by atoms with van der Waals surface area (Å²) in [6.45, 7) is 9.99. The van der Waals surface area contributed by atoms with Crippen molar-refractivity contribution in [2.45, 2.75) is 52.1 Å². The third-order valence-corrected chi connectivity index (χ3v) is 8.28. The van der Waals surface area contributed by atoms with E-state index in [-0.39, 0.29) is 23.6 Å². The molecule has 2 aliphatic rings. The largest absolute Gasteiger partial charge is 0.496 e. The van der Waals surface area contributed by atoms with Gasteiger partial charge in [-0.05, 0) is 56.5 Å². The predicted octanol–water partition coefficient (Wildman–Crippen LogP) is 7.13. The summed E-state index contributed by atoms with van der Waals surface area (Å²) in [6.07, 6.45) is 1.73. The minimum atomic E-state index is -1.56. The molecule has 2 aromatic carbocycles. The first kappa shape index (κ1) is 27.3. The molecule has 1 atom stereocenters. The zero-order valence-electron chi connectivity index (χ0n) is 23.5. The molecule has 1 spiro atoms. The number of rotatable bonds is 5. The van der Waals surface area contributed by atoms with Gasteiger partial charge in [0, 0.05) is 45.3 Å². The Hall–Kier alpha value is -3.88. The first-order valence-electron chi connectivity index (χ1n) is 13.4. The number of benzene rings is 2. The SMILES string of the molecule is COc1cc(C(C)C)ncc1-c1nc2c(n1C(C)C)[C@]1(C(=O)Nc3cc(Cl)ccc31)N(c1cc(Cl)ccc1C)C2=O. The number of imidazole rings is 1. The molecule has 0 fully saturated rings. The minimum absolute atomic E-state index is 0.181. The molecule has 6 rings (SSSR count). The molecule has 2 aliphatic heterocycles. The molecule has 2 amide bonds. The third-order valence-electron chi connectivity index (χ3n) is 7.81. The third kappa shape index (κ3) is 3.81. The highest BCUT2D eigenvalue weighted by molar-refractivity contribution is 6.32. The fourth-order valence-corrected chi connectivity index (χ4v) is 6.27. The lowest BCUT2D eigenvalue weighted by atomic mass is 9.86. The van der Waals surface area contributed by atoms with E-state index in [4.69, 9.17) is 32.9 Å². The maximum absolute atomic E-state index is 14.5. The average molecular weight is 591 g/mol. The standard InChI is InChI=1S/C31H29Cl2N5O3/c1-15(2)22-13-25(41-6)20(14-34-22)28-36-26-27(37(28)16(3)4)31(21-10-9-18(32)11-23(21)35-30(31)40)38(29(26)39)24-12-19(33)8-7-17(24)5/h7-16H,1-6H3,(H,35,40)/t31-/m1/s1. The molecular formula is C31H29Cl2N5O3. The fraction of sp³-hybridized carbons (Fsp3) is 0.290. The second-order valence-corrected chi connectivity index (χ2v) is 11.9. The summed E-state index contributed by atoms with van der Waals surface area (Å²) >= 11 is 12.8. The molecule has 0 saturated carbocycles. The van der Waals surface area contributed by atoms with Crippen molar-refractivity contribution in [3.05, 3.63) is 86.9 Å². The van der Waals surface area contributed by atoms with Crippen LogP contribution in [0.3, 0.4) is 0 Å². The van der Waals surface area contributed by atoms with Gasteiger partial charge in [-0.3, -0.25) is 19.5 Å². The van der Waals surface area contributed by atoms with Gasteiger partial charge in [0.15, 0.2) is 11.2 Å². The van der Waals surface area contributed by atoms with Crippen LogP contribution < -0.4 is 15.0 Å². The van der Waals surface area contributed by atoms with Crippen LogP contribution in [0.25, 0.3) is 11.4 Å². The summed E-state index contributed by atoms with van der Waals surface area (Å²) in [5.41, 5.74) is 3.04. The van der Waals surface area contributed by atoms with E-state index in [1.54, 1.807) is 43.6 Å². The van der Waals surface area contributed by atoms with Crippen molar-refractivity contribution in [2.24, 2.45) is 0 Å². The van der Waals surface area contributed by atoms with Crippen LogP contribution in [-0.2, 0) is 10.3 Å². The number of halogens is 2. The van der Waals surface area contributed by atoms with Gasteiger partial charge in [-0.1, -0.05) is 49.2 Å². The lowest BCUT2D eigenvalue weighted by molar-refractivity contribution is -0.119. The number of methoxy groups -OCH3 is 1. The summed E-state index contributed by atoms with van der Waals surface area (Å²) < 4.78 is 7.73. The molecule has 0 unspecified atom stereocenters. The van der Waals surface area contributed by atoms with Crippen molar-refractivity contribution in [1.82, 2.24) is 14.5 Å². The van der Waals surface area contributed by atoms with Gasteiger partial charge in [-0.25, -0.2) is 4.98 Å². The number of anilines is 2. The smallest absolute Gasteiger partial charge is 0.280 e. The van der Waals surface area contributed by atoms with Crippen molar-refractivity contribution >= 4 is 46.4 Å². The molecule has 1 N–H and O–H groups in total. The van der Waals surface area contributed by atoms with E-state index in [1.807, 2.05) is 37.5 Å². The number of carbonyl (C=O) groups is 2. The van der Waals surface area contributed by atoms with E-state index in [2.05, 4.69) is 24.1 Å². The maximum atomic E-state index is 14.5. The zero-order valence-corrected chi connectivity index (χ0v) is 25.1. The summed E-state index contributed by atoms with van der Waals surface area (Å²) in [4.78, 5) is 40.0. The van der Waals surface area contributed by atoms with Crippen LogP contribution in [0, 0.1) is 6.92 Å². The Morgan fingerprint density at radius 2 is 1.71 bits per heavy atom. The number of nitrogens with zero attached hydrogens (tertiary/aromatic N) is 4. The highest BCUT2D eigenvalue weighted by Crippen LogP contribution is 2.55. The summed E-state index contributed by atoms with van der Waals surface area (Å²) in [7, 11) is 1.60. The molecule has 8 nitrogen and oxygen atoms in total. The minimum Gasteiger partial charge on any atom is -0.496 e. The van der Waals surface area contributed by atoms with Gasteiger partial charge in [-0.2, -0.15) is 0 Å². The van der Waals surface area contributed by atoms with Gasteiger partial charge in [-0.15, -0.1) is 0 Å². The lowest BCUT2D eigenvalue weighted by Gasteiger charge is -2.36. The maximum Gasteiger partial charge on any atom is 0.280 e.